The van der Waals surface area contributed by atoms with Gasteiger partial charge in [-0.05, 0) is 49.2 Å². The zero-order valence-electron chi connectivity index (χ0n) is 15.0. The van der Waals surface area contributed by atoms with Gasteiger partial charge in [-0.15, -0.1) is 0 Å². The van der Waals surface area contributed by atoms with E-state index in [1.165, 1.54) is 0 Å². The van der Waals surface area contributed by atoms with Crippen LogP contribution in [0.4, 0.5) is 8.78 Å². The number of hydrogen-bond acceptors (Lipinski definition) is 4. The third-order valence-electron chi connectivity index (χ3n) is 4.74. The average Bonchev–Trinajstić information content (AvgIpc) is 3.10. The summed E-state index contributed by atoms with van der Waals surface area (Å²) in [6, 6.07) is 11.0. The molecule has 5 nitrogen and oxygen atoms in total. The molecule has 8 heteroatoms. The third kappa shape index (κ3) is 4.45. The lowest BCUT2D eigenvalue weighted by atomic mass is 10.0. The SMILES string of the molecule is COc1ccc(C2CCCN2CCNS(=O)(=O)c2c(F)cccc2F)cc1. The molecular weight excluding hydrogens is 374 g/mol. The second-order valence-electron chi connectivity index (χ2n) is 6.42. The van der Waals surface area contributed by atoms with E-state index in [-0.39, 0.29) is 12.6 Å². The van der Waals surface area contributed by atoms with Crippen molar-refractivity contribution in [2.75, 3.05) is 26.7 Å². The molecule has 2 aromatic rings. The molecule has 2 aromatic carbocycles. The molecule has 0 saturated carbocycles. The average molecular weight is 396 g/mol. The summed E-state index contributed by atoms with van der Waals surface area (Å²) in [5, 5.41) is 0. The van der Waals surface area contributed by atoms with Gasteiger partial charge >= 0.3 is 0 Å². The molecule has 1 atom stereocenters. The van der Waals surface area contributed by atoms with E-state index < -0.39 is 26.6 Å². The van der Waals surface area contributed by atoms with Gasteiger partial charge in [-0.25, -0.2) is 21.9 Å². The Morgan fingerprint density at radius 1 is 1.15 bits per heavy atom. The van der Waals surface area contributed by atoms with E-state index in [1.807, 2.05) is 24.3 Å². The van der Waals surface area contributed by atoms with Crippen LogP contribution in [0.15, 0.2) is 47.4 Å². The highest BCUT2D eigenvalue weighted by Gasteiger charge is 2.27. The summed E-state index contributed by atoms with van der Waals surface area (Å²) >= 11 is 0. The number of methoxy groups -OCH3 is 1. The molecule has 0 aliphatic carbocycles. The first-order chi connectivity index (χ1) is 12.9. The van der Waals surface area contributed by atoms with Gasteiger partial charge in [-0.1, -0.05) is 18.2 Å². The van der Waals surface area contributed by atoms with Crippen LogP contribution in [0.3, 0.4) is 0 Å². The number of nitrogens with one attached hydrogen (secondary N) is 1. The highest BCUT2D eigenvalue weighted by Crippen LogP contribution is 2.32. The summed E-state index contributed by atoms with van der Waals surface area (Å²) in [4.78, 5) is 1.24. The fourth-order valence-corrected chi connectivity index (χ4v) is 4.59. The standard InChI is InChI=1S/C19H22F2N2O3S/c1-26-15-9-7-14(8-10-15)18-6-3-12-23(18)13-11-22-27(24,25)19-16(20)4-2-5-17(19)21/h2,4-5,7-10,18,22H,3,6,11-13H2,1H3. The van der Waals surface area contributed by atoms with Crippen LogP contribution < -0.4 is 9.46 Å². The van der Waals surface area contributed by atoms with Gasteiger partial charge in [0.2, 0.25) is 10.0 Å². The van der Waals surface area contributed by atoms with Gasteiger partial charge < -0.3 is 4.74 Å². The normalized spacial score (nSPS) is 18.0. The van der Waals surface area contributed by atoms with Crippen molar-refractivity contribution in [2.45, 2.75) is 23.8 Å². The van der Waals surface area contributed by atoms with Crippen molar-refractivity contribution in [1.29, 1.82) is 0 Å². The molecular formula is C19H22F2N2O3S. The Morgan fingerprint density at radius 3 is 2.44 bits per heavy atom. The highest BCUT2D eigenvalue weighted by molar-refractivity contribution is 7.89. The van der Waals surface area contributed by atoms with Gasteiger partial charge in [0.1, 0.15) is 17.4 Å². The van der Waals surface area contributed by atoms with E-state index in [9.17, 15) is 17.2 Å². The van der Waals surface area contributed by atoms with Gasteiger partial charge in [0.15, 0.2) is 4.90 Å². The van der Waals surface area contributed by atoms with Crippen molar-refractivity contribution in [3.63, 3.8) is 0 Å². The maximum absolute atomic E-state index is 13.7. The van der Waals surface area contributed by atoms with E-state index in [4.69, 9.17) is 4.74 Å². The first-order valence-electron chi connectivity index (χ1n) is 8.74. The van der Waals surface area contributed by atoms with Crippen molar-refractivity contribution in [2.24, 2.45) is 0 Å². The van der Waals surface area contributed by atoms with Gasteiger partial charge in [-0.3, -0.25) is 4.90 Å². The van der Waals surface area contributed by atoms with E-state index in [0.717, 1.165) is 48.9 Å². The Labute approximate surface area is 158 Å². The van der Waals surface area contributed by atoms with E-state index in [0.29, 0.717) is 6.54 Å². The summed E-state index contributed by atoms with van der Waals surface area (Å²) in [6.45, 7) is 1.36. The largest absolute Gasteiger partial charge is 0.497 e. The van der Waals surface area contributed by atoms with Crippen LogP contribution in [-0.2, 0) is 10.0 Å². The summed E-state index contributed by atoms with van der Waals surface area (Å²) in [7, 11) is -2.64. The second kappa shape index (κ2) is 8.33. The maximum Gasteiger partial charge on any atom is 0.246 e. The molecule has 1 unspecified atom stereocenters. The molecule has 0 spiro atoms. The first kappa shape index (κ1) is 19.7. The predicted octanol–water partition coefficient (Wildman–Crippen LogP) is 3.09. The molecule has 0 bridgehead atoms. The minimum Gasteiger partial charge on any atom is -0.497 e. The highest BCUT2D eigenvalue weighted by atomic mass is 32.2. The van der Waals surface area contributed by atoms with E-state index in [1.54, 1.807) is 7.11 Å². The van der Waals surface area contributed by atoms with Crippen molar-refractivity contribution >= 4 is 10.0 Å². The number of nitrogens with zero attached hydrogens (tertiary/aromatic N) is 1. The third-order valence-corrected chi connectivity index (χ3v) is 6.25. The fourth-order valence-electron chi connectivity index (χ4n) is 3.43. The topological polar surface area (TPSA) is 58.6 Å². The second-order valence-corrected chi connectivity index (χ2v) is 8.12. The fraction of sp³-hybridized carbons (Fsp3) is 0.368. The lowest BCUT2D eigenvalue weighted by Crippen LogP contribution is -2.35. The van der Waals surface area contributed by atoms with Gasteiger partial charge in [0.05, 0.1) is 7.11 Å². The molecule has 1 aliphatic heterocycles. The quantitative estimate of drug-likeness (QED) is 0.781. The molecule has 1 saturated heterocycles. The molecule has 1 N–H and O–H groups in total. The molecule has 1 heterocycles. The van der Waals surface area contributed by atoms with Crippen molar-refractivity contribution in [3.8, 4) is 5.75 Å². The summed E-state index contributed by atoms with van der Waals surface area (Å²) in [6.07, 6.45) is 1.98. The first-order valence-corrected chi connectivity index (χ1v) is 10.2. The number of benzene rings is 2. The van der Waals surface area contributed by atoms with Crippen LogP contribution in [0.2, 0.25) is 0 Å². The molecule has 3 rings (SSSR count). The minimum absolute atomic E-state index is 0.0722. The zero-order chi connectivity index (χ0) is 19.4. The molecule has 0 amide bonds. The number of rotatable bonds is 7. The number of ether oxygens (including phenoxy) is 1. The molecule has 27 heavy (non-hydrogen) atoms. The lowest BCUT2D eigenvalue weighted by molar-refractivity contribution is 0.261. The van der Waals surface area contributed by atoms with Gasteiger partial charge in [-0.2, -0.15) is 0 Å². The van der Waals surface area contributed by atoms with Crippen molar-refractivity contribution in [1.82, 2.24) is 9.62 Å². The monoisotopic (exact) mass is 396 g/mol. The molecule has 1 aliphatic rings. The van der Waals surface area contributed by atoms with Crippen LogP contribution >= 0.6 is 0 Å². The Hall–Kier alpha value is -2.03. The Balaban J connectivity index is 1.63. The Morgan fingerprint density at radius 2 is 1.81 bits per heavy atom. The Bertz CT molecular complexity index is 868. The number of sulfonamides is 1. The van der Waals surface area contributed by atoms with Crippen molar-refractivity contribution in [3.05, 3.63) is 59.7 Å². The number of halogens is 2. The summed E-state index contributed by atoms with van der Waals surface area (Å²) < 4.78 is 59.4. The Kier molecular flexibility index (Phi) is 6.08. The van der Waals surface area contributed by atoms with Gasteiger partial charge in [0, 0.05) is 19.1 Å². The molecule has 1 fully saturated rings. The minimum atomic E-state index is -4.25. The smallest absolute Gasteiger partial charge is 0.246 e. The van der Waals surface area contributed by atoms with E-state index in [2.05, 4.69) is 9.62 Å². The van der Waals surface area contributed by atoms with Crippen LogP contribution in [0.5, 0.6) is 5.75 Å². The van der Waals surface area contributed by atoms with Crippen LogP contribution in [0, 0.1) is 11.6 Å². The van der Waals surface area contributed by atoms with E-state index >= 15 is 0 Å². The summed E-state index contributed by atoms with van der Waals surface area (Å²) in [5.74, 6) is -1.41. The number of hydrogen-bond donors (Lipinski definition) is 1. The van der Waals surface area contributed by atoms with Crippen LogP contribution in [-0.4, -0.2) is 40.1 Å². The number of likely N-dealkylation sites (tertiary alicyclic amines) is 1. The molecule has 0 radical (unpaired) electrons. The zero-order valence-corrected chi connectivity index (χ0v) is 15.8. The molecule has 146 valence electrons. The maximum atomic E-state index is 13.7. The predicted molar refractivity (Wildman–Crippen MR) is 98.1 cm³/mol. The van der Waals surface area contributed by atoms with Crippen LogP contribution in [0.25, 0.3) is 0 Å². The lowest BCUT2D eigenvalue weighted by Gasteiger charge is -2.25. The van der Waals surface area contributed by atoms with Crippen LogP contribution in [0.1, 0.15) is 24.4 Å². The molecule has 0 aromatic heterocycles. The summed E-state index contributed by atoms with van der Waals surface area (Å²) in [5.41, 5.74) is 1.14. The van der Waals surface area contributed by atoms with Crippen molar-refractivity contribution < 1.29 is 21.9 Å². The van der Waals surface area contributed by atoms with Gasteiger partial charge in [0.25, 0.3) is 0 Å².